The summed E-state index contributed by atoms with van der Waals surface area (Å²) in [6, 6.07) is 12.3. The molecule has 0 N–H and O–H groups in total. The third-order valence-corrected chi connectivity index (χ3v) is 7.49. The van der Waals surface area contributed by atoms with Gasteiger partial charge in [-0.3, -0.25) is 9.59 Å². The summed E-state index contributed by atoms with van der Waals surface area (Å²) in [5, 5.41) is 0. The van der Waals surface area contributed by atoms with E-state index >= 15 is 0 Å². The topological polar surface area (TPSA) is 77.5 Å². The van der Waals surface area contributed by atoms with Crippen LogP contribution in [-0.4, -0.2) is 67.2 Å². The molecule has 2 aromatic rings. The molecule has 1 saturated heterocycles. The van der Waals surface area contributed by atoms with E-state index in [9.17, 15) is 9.59 Å². The average molecular weight is 509 g/mol. The van der Waals surface area contributed by atoms with Gasteiger partial charge in [-0.1, -0.05) is 43.9 Å². The number of piperazine rings is 1. The molecule has 0 bridgehead atoms. The Morgan fingerprint density at radius 2 is 1.73 bits per heavy atom. The van der Waals surface area contributed by atoms with Crippen LogP contribution in [0.5, 0.6) is 23.0 Å². The zero-order chi connectivity index (χ0) is 25.8. The number of rotatable bonds is 7. The van der Waals surface area contributed by atoms with Gasteiger partial charge in [0.2, 0.25) is 5.91 Å². The summed E-state index contributed by atoms with van der Waals surface area (Å²) in [6.45, 7) is 3.06. The summed E-state index contributed by atoms with van der Waals surface area (Å²) < 4.78 is 23.3. The van der Waals surface area contributed by atoms with E-state index in [-0.39, 0.29) is 37.0 Å². The molecule has 5 rings (SSSR count). The maximum atomic E-state index is 14.1. The maximum Gasteiger partial charge on any atom is 0.250 e. The molecule has 198 valence electrons. The molecule has 2 heterocycles. The van der Waals surface area contributed by atoms with Gasteiger partial charge in [-0.15, -0.1) is 0 Å². The molecule has 2 unspecified atom stereocenters. The van der Waals surface area contributed by atoms with Crippen LogP contribution in [0.1, 0.15) is 57.1 Å². The third kappa shape index (κ3) is 5.33. The number of benzene rings is 2. The smallest absolute Gasteiger partial charge is 0.250 e. The highest BCUT2D eigenvalue weighted by Gasteiger charge is 2.44. The van der Waals surface area contributed by atoms with E-state index in [1.807, 2.05) is 54.3 Å². The van der Waals surface area contributed by atoms with E-state index in [4.69, 9.17) is 18.9 Å². The van der Waals surface area contributed by atoms with E-state index in [2.05, 4.69) is 0 Å². The Balaban J connectivity index is 1.46. The first kappa shape index (κ1) is 25.2. The second kappa shape index (κ2) is 11.3. The number of carbonyl (C=O) groups excluding carboxylic acids is 2. The largest absolute Gasteiger partial charge is 0.493 e. The van der Waals surface area contributed by atoms with Crippen LogP contribution in [-0.2, 0) is 9.59 Å². The van der Waals surface area contributed by atoms with Gasteiger partial charge in [0.1, 0.15) is 19.2 Å². The second-order valence-electron chi connectivity index (χ2n) is 9.90. The van der Waals surface area contributed by atoms with Gasteiger partial charge in [0.15, 0.2) is 29.1 Å². The SMILES string of the molecule is CCOc1ccc(C2C(=O)N(C3CCCCCC3)CC(=O)N2CC2COc3ccccc3O2)cc1OC. The van der Waals surface area contributed by atoms with E-state index < -0.39 is 6.04 Å². The molecule has 2 amide bonds. The summed E-state index contributed by atoms with van der Waals surface area (Å²) in [6.07, 6.45) is 6.02. The summed E-state index contributed by atoms with van der Waals surface area (Å²) in [7, 11) is 1.58. The number of methoxy groups -OCH3 is 1. The standard InChI is InChI=1S/C29H36N2O6/c1-3-35-24-15-14-20(16-26(24)34-2)28-29(33)30(21-10-6-4-5-7-11-21)18-27(32)31(28)17-22-19-36-23-12-8-9-13-25(23)37-22/h8-9,12-16,21-22,28H,3-7,10-11,17-19H2,1-2H3. The number of amides is 2. The minimum Gasteiger partial charge on any atom is -0.493 e. The number of ether oxygens (including phenoxy) is 4. The van der Waals surface area contributed by atoms with Crippen molar-refractivity contribution in [3.8, 4) is 23.0 Å². The second-order valence-corrected chi connectivity index (χ2v) is 9.90. The highest BCUT2D eigenvalue weighted by Crippen LogP contribution is 2.38. The Labute approximate surface area is 218 Å². The fourth-order valence-electron chi connectivity index (χ4n) is 5.66. The van der Waals surface area contributed by atoms with Crippen LogP contribution in [0.25, 0.3) is 0 Å². The molecule has 8 heteroatoms. The Hall–Kier alpha value is -3.42. The van der Waals surface area contributed by atoms with Crippen molar-refractivity contribution in [2.24, 2.45) is 0 Å². The summed E-state index contributed by atoms with van der Waals surface area (Å²) >= 11 is 0. The molecule has 2 fully saturated rings. The highest BCUT2D eigenvalue weighted by atomic mass is 16.6. The lowest BCUT2D eigenvalue weighted by Crippen LogP contribution is -2.60. The molecule has 2 aliphatic heterocycles. The summed E-state index contributed by atoms with van der Waals surface area (Å²) in [5.74, 6) is 2.36. The van der Waals surface area contributed by atoms with Crippen LogP contribution in [0.15, 0.2) is 42.5 Å². The molecule has 8 nitrogen and oxygen atoms in total. The molecule has 37 heavy (non-hydrogen) atoms. The highest BCUT2D eigenvalue weighted by molar-refractivity contribution is 5.96. The lowest BCUT2D eigenvalue weighted by atomic mass is 9.96. The number of hydrogen-bond donors (Lipinski definition) is 0. The molecule has 3 aliphatic rings. The first-order valence-electron chi connectivity index (χ1n) is 13.4. The minimum absolute atomic E-state index is 0.0464. The Bertz CT molecular complexity index is 1110. The minimum atomic E-state index is -0.769. The number of hydrogen-bond acceptors (Lipinski definition) is 6. The number of nitrogens with zero attached hydrogens (tertiary/aromatic N) is 2. The predicted octanol–water partition coefficient (Wildman–Crippen LogP) is 4.37. The van der Waals surface area contributed by atoms with Gasteiger partial charge in [0, 0.05) is 6.04 Å². The van der Waals surface area contributed by atoms with Crippen molar-refractivity contribution in [1.82, 2.24) is 9.80 Å². The van der Waals surface area contributed by atoms with E-state index in [1.165, 1.54) is 12.8 Å². The van der Waals surface area contributed by atoms with E-state index in [1.54, 1.807) is 12.0 Å². The fraction of sp³-hybridized carbons (Fsp3) is 0.517. The Morgan fingerprint density at radius 3 is 2.46 bits per heavy atom. The predicted molar refractivity (Wildman–Crippen MR) is 138 cm³/mol. The lowest BCUT2D eigenvalue weighted by Gasteiger charge is -2.44. The fourth-order valence-corrected chi connectivity index (χ4v) is 5.66. The lowest BCUT2D eigenvalue weighted by molar-refractivity contribution is -0.160. The number of fused-ring (bicyclic) bond motifs is 1. The van der Waals surface area contributed by atoms with Crippen molar-refractivity contribution in [2.75, 3.05) is 33.4 Å². The van der Waals surface area contributed by atoms with Crippen molar-refractivity contribution < 1.29 is 28.5 Å². The van der Waals surface area contributed by atoms with Gasteiger partial charge >= 0.3 is 0 Å². The van der Waals surface area contributed by atoms with E-state index in [0.717, 1.165) is 25.7 Å². The van der Waals surface area contributed by atoms with Crippen LogP contribution in [0.2, 0.25) is 0 Å². The number of carbonyl (C=O) groups is 2. The van der Waals surface area contributed by atoms with Crippen LogP contribution in [0.4, 0.5) is 0 Å². The molecule has 2 atom stereocenters. The zero-order valence-corrected chi connectivity index (χ0v) is 21.7. The van der Waals surface area contributed by atoms with Crippen LogP contribution in [0, 0.1) is 0 Å². The van der Waals surface area contributed by atoms with Gasteiger partial charge in [-0.2, -0.15) is 0 Å². The van der Waals surface area contributed by atoms with E-state index in [0.29, 0.717) is 41.8 Å². The summed E-state index contributed by atoms with van der Waals surface area (Å²) in [4.78, 5) is 31.3. The van der Waals surface area contributed by atoms with Crippen molar-refractivity contribution in [3.63, 3.8) is 0 Å². The normalized spacial score (nSPS) is 22.5. The first-order valence-corrected chi connectivity index (χ1v) is 13.4. The van der Waals surface area contributed by atoms with Crippen LogP contribution < -0.4 is 18.9 Å². The van der Waals surface area contributed by atoms with Crippen molar-refractivity contribution >= 4 is 11.8 Å². The van der Waals surface area contributed by atoms with Gasteiger partial charge < -0.3 is 28.7 Å². The summed E-state index contributed by atoms with van der Waals surface area (Å²) in [5.41, 5.74) is 0.703. The van der Waals surface area contributed by atoms with Crippen molar-refractivity contribution in [1.29, 1.82) is 0 Å². The molecule has 0 radical (unpaired) electrons. The number of para-hydroxylation sites is 2. The first-order chi connectivity index (χ1) is 18.1. The molecular formula is C29H36N2O6. The van der Waals surface area contributed by atoms with Crippen molar-refractivity contribution in [2.45, 2.75) is 63.6 Å². The molecular weight excluding hydrogens is 472 g/mol. The van der Waals surface area contributed by atoms with Crippen molar-refractivity contribution in [3.05, 3.63) is 48.0 Å². The van der Waals surface area contributed by atoms with Crippen LogP contribution >= 0.6 is 0 Å². The quantitative estimate of drug-likeness (QED) is 0.517. The zero-order valence-electron chi connectivity index (χ0n) is 21.7. The van der Waals surface area contributed by atoms with Gasteiger partial charge in [-0.25, -0.2) is 0 Å². The van der Waals surface area contributed by atoms with Crippen LogP contribution in [0.3, 0.4) is 0 Å². The molecule has 0 aromatic heterocycles. The average Bonchev–Trinajstić information content (AvgIpc) is 3.21. The molecule has 1 saturated carbocycles. The maximum absolute atomic E-state index is 14.1. The third-order valence-electron chi connectivity index (χ3n) is 7.49. The molecule has 1 aliphatic carbocycles. The Morgan fingerprint density at radius 1 is 0.973 bits per heavy atom. The monoisotopic (exact) mass is 508 g/mol. The van der Waals surface area contributed by atoms with Gasteiger partial charge in [0.05, 0.1) is 20.3 Å². The van der Waals surface area contributed by atoms with Gasteiger partial charge in [0.25, 0.3) is 5.91 Å². The van der Waals surface area contributed by atoms with Gasteiger partial charge in [-0.05, 0) is 49.6 Å². The Kier molecular flexibility index (Phi) is 7.72. The molecule has 2 aromatic carbocycles. The molecule has 0 spiro atoms.